The predicted octanol–water partition coefficient (Wildman–Crippen LogP) is 5.36. The molecule has 1 saturated heterocycles. The summed E-state index contributed by atoms with van der Waals surface area (Å²) in [7, 11) is 0. The highest BCUT2D eigenvalue weighted by atomic mass is 32.2. The molecule has 8 heteroatoms. The van der Waals surface area contributed by atoms with E-state index in [2.05, 4.69) is 39.2 Å². The summed E-state index contributed by atoms with van der Waals surface area (Å²) in [4.78, 5) is 26.3. The van der Waals surface area contributed by atoms with Gasteiger partial charge in [0.1, 0.15) is 16.2 Å². The first-order valence-corrected chi connectivity index (χ1v) is 13.2. The number of oxazole rings is 1. The fraction of sp³-hybridized carbons (Fsp3) is 0.269. The van der Waals surface area contributed by atoms with Gasteiger partial charge in [-0.05, 0) is 30.2 Å². The first-order valence-electron chi connectivity index (χ1n) is 11.3. The SMILES string of the molecule is Cc1ccc2oc(SCc3nc(C(=O)N4CCN(CC=Cc5ccccc5)CC4)cs3)nc2c1. The molecule has 1 aliphatic heterocycles. The van der Waals surface area contributed by atoms with Crippen LogP contribution in [0.1, 0.15) is 26.6 Å². The molecule has 1 amide bonds. The maximum Gasteiger partial charge on any atom is 0.273 e. The quantitative estimate of drug-likeness (QED) is 0.325. The number of benzene rings is 2. The highest BCUT2D eigenvalue weighted by molar-refractivity contribution is 7.98. The molecular formula is C26H26N4O2S2. The van der Waals surface area contributed by atoms with Gasteiger partial charge < -0.3 is 9.32 Å². The largest absolute Gasteiger partial charge is 0.431 e. The zero-order valence-electron chi connectivity index (χ0n) is 19.0. The van der Waals surface area contributed by atoms with Crippen molar-refractivity contribution in [2.75, 3.05) is 32.7 Å². The maximum atomic E-state index is 12.9. The van der Waals surface area contributed by atoms with Crippen molar-refractivity contribution in [3.8, 4) is 0 Å². The fourth-order valence-electron chi connectivity index (χ4n) is 3.87. The average Bonchev–Trinajstić information content (AvgIpc) is 3.50. The molecule has 0 aliphatic carbocycles. The predicted molar refractivity (Wildman–Crippen MR) is 138 cm³/mol. The number of aromatic nitrogens is 2. The minimum atomic E-state index is 0.0179. The molecule has 0 radical (unpaired) electrons. The number of nitrogens with zero attached hydrogens (tertiary/aromatic N) is 4. The number of thiazole rings is 1. The molecule has 0 atom stereocenters. The summed E-state index contributed by atoms with van der Waals surface area (Å²) < 4.78 is 5.80. The van der Waals surface area contributed by atoms with Crippen molar-refractivity contribution in [2.24, 2.45) is 0 Å². The van der Waals surface area contributed by atoms with Crippen molar-refractivity contribution in [1.29, 1.82) is 0 Å². The molecule has 2 aromatic heterocycles. The van der Waals surface area contributed by atoms with Crippen LogP contribution in [0.25, 0.3) is 17.2 Å². The van der Waals surface area contributed by atoms with E-state index in [1.807, 2.05) is 53.6 Å². The van der Waals surface area contributed by atoms with Gasteiger partial charge in [-0.25, -0.2) is 9.97 Å². The van der Waals surface area contributed by atoms with E-state index in [-0.39, 0.29) is 5.91 Å². The number of carbonyl (C=O) groups excluding carboxylic acids is 1. The van der Waals surface area contributed by atoms with Gasteiger partial charge in [0, 0.05) is 38.1 Å². The summed E-state index contributed by atoms with van der Waals surface area (Å²) in [6, 6.07) is 16.3. The summed E-state index contributed by atoms with van der Waals surface area (Å²) in [6.07, 6.45) is 4.34. The van der Waals surface area contributed by atoms with Crippen LogP contribution < -0.4 is 0 Å². The van der Waals surface area contributed by atoms with Gasteiger partial charge in [-0.2, -0.15) is 0 Å². The topological polar surface area (TPSA) is 62.5 Å². The molecule has 0 spiro atoms. The van der Waals surface area contributed by atoms with Crippen LogP contribution in [0.5, 0.6) is 0 Å². The Morgan fingerprint density at radius 1 is 1.12 bits per heavy atom. The number of piperazine rings is 1. The molecule has 6 nitrogen and oxygen atoms in total. The maximum absolute atomic E-state index is 12.9. The molecule has 174 valence electrons. The molecule has 5 rings (SSSR count). The van der Waals surface area contributed by atoms with Gasteiger partial charge in [0.25, 0.3) is 11.1 Å². The van der Waals surface area contributed by atoms with Gasteiger partial charge in [0.2, 0.25) is 0 Å². The van der Waals surface area contributed by atoms with E-state index in [4.69, 9.17) is 4.42 Å². The van der Waals surface area contributed by atoms with E-state index in [1.165, 1.54) is 28.7 Å². The Bertz CT molecular complexity index is 1290. The lowest BCUT2D eigenvalue weighted by Crippen LogP contribution is -2.48. The Labute approximate surface area is 207 Å². The van der Waals surface area contributed by atoms with Crippen LogP contribution in [-0.2, 0) is 5.75 Å². The summed E-state index contributed by atoms with van der Waals surface area (Å²) in [5.41, 5.74) is 4.56. The number of amides is 1. The number of thioether (sulfide) groups is 1. The molecule has 2 aromatic carbocycles. The Morgan fingerprint density at radius 2 is 1.94 bits per heavy atom. The van der Waals surface area contributed by atoms with E-state index in [1.54, 1.807) is 0 Å². The molecule has 0 bridgehead atoms. The van der Waals surface area contributed by atoms with Crippen molar-refractivity contribution in [1.82, 2.24) is 19.8 Å². The standard InChI is InChI=1S/C26H26N4O2S2/c1-19-9-10-23-21(16-19)28-26(32-23)34-18-24-27-22(17-33-24)25(31)30-14-12-29(13-15-30)11-5-8-20-6-3-2-4-7-20/h2-10,16-17H,11-15,18H2,1H3. The molecule has 0 unspecified atom stereocenters. The minimum absolute atomic E-state index is 0.0179. The molecule has 3 heterocycles. The number of carbonyl (C=O) groups is 1. The van der Waals surface area contributed by atoms with Gasteiger partial charge in [-0.1, -0.05) is 60.3 Å². The molecule has 1 fully saturated rings. The Balaban J connectivity index is 1.10. The molecular weight excluding hydrogens is 464 g/mol. The molecule has 0 saturated carbocycles. The Morgan fingerprint density at radius 3 is 2.76 bits per heavy atom. The van der Waals surface area contributed by atoms with Crippen molar-refractivity contribution in [3.05, 3.63) is 81.8 Å². The molecule has 0 N–H and O–H groups in total. The van der Waals surface area contributed by atoms with Gasteiger partial charge in [0.05, 0.1) is 5.75 Å². The van der Waals surface area contributed by atoms with Crippen molar-refractivity contribution < 1.29 is 9.21 Å². The van der Waals surface area contributed by atoms with Crippen LogP contribution in [0.3, 0.4) is 0 Å². The van der Waals surface area contributed by atoms with Gasteiger partial charge in [0.15, 0.2) is 5.58 Å². The van der Waals surface area contributed by atoms with E-state index in [9.17, 15) is 4.79 Å². The van der Waals surface area contributed by atoms with Gasteiger partial charge in [-0.3, -0.25) is 9.69 Å². The second-order valence-corrected chi connectivity index (χ2v) is 10.1. The summed E-state index contributed by atoms with van der Waals surface area (Å²) in [5, 5.41) is 3.39. The monoisotopic (exact) mass is 490 g/mol. The van der Waals surface area contributed by atoms with E-state index < -0.39 is 0 Å². The van der Waals surface area contributed by atoms with Crippen molar-refractivity contribution in [2.45, 2.75) is 17.9 Å². The van der Waals surface area contributed by atoms with E-state index >= 15 is 0 Å². The third-order valence-electron chi connectivity index (χ3n) is 5.75. The smallest absolute Gasteiger partial charge is 0.273 e. The zero-order valence-corrected chi connectivity index (χ0v) is 20.6. The third kappa shape index (κ3) is 5.58. The lowest BCUT2D eigenvalue weighted by atomic mass is 10.2. The van der Waals surface area contributed by atoms with Crippen LogP contribution >= 0.6 is 23.1 Å². The highest BCUT2D eigenvalue weighted by Crippen LogP contribution is 2.28. The van der Waals surface area contributed by atoms with Crippen LogP contribution in [-0.4, -0.2) is 58.4 Å². The molecule has 34 heavy (non-hydrogen) atoms. The van der Waals surface area contributed by atoms with Crippen LogP contribution in [0.15, 0.2) is 69.6 Å². The summed E-state index contributed by atoms with van der Waals surface area (Å²) in [6.45, 7) is 6.12. The summed E-state index contributed by atoms with van der Waals surface area (Å²) >= 11 is 3.02. The Hall–Kier alpha value is -2.94. The number of fused-ring (bicyclic) bond motifs is 1. The lowest BCUT2D eigenvalue weighted by Gasteiger charge is -2.33. The minimum Gasteiger partial charge on any atom is -0.431 e. The fourth-order valence-corrected chi connectivity index (χ4v) is 5.50. The second-order valence-electron chi connectivity index (χ2n) is 8.27. The zero-order chi connectivity index (χ0) is 23.3. The molecule has 1 aliphatic rings. The molecule has 4 aromatic rings. The summed E-state index contributed by atoms with van der Waals surface area (Å²) in [5.74, 6) is 0.648. The van der Waals surface area contributed by atoms with Crippen molar-refractivity contribution in [3.63, 3.8) is 0 Å². The van der Waals surface area contributed by atoms with E-state index in [0.717, 1.165) is 54.4 Å². The van der Waals surface area contributed by atoms with Gasteiger partial charge in [-0.15, -0.1) is 11.3 Å². The highest BCUT2D eigenvalue weighted by Gasteiger charge is 2.23. The number of hydrogen-bond acceptors (Lipinski definition) is 7. The number of rotatable bonds is 7. The third-order valence-corrected chi connectivity index (χ3v) is 7.62. The second kappa shape index (κ2) is 10.5. The number of aryl methyl sites for hydroxylation is 1. The van der Waals surface area contributed by atoms with Crippen molar-refractivity contribution >= 4 is 46.2 Å². The normalized spacial score (nSPS) is 14.9. The van der Waals surface area contributed by atoms with Crippen LogP contribution in [0.2, 0.25) is 0 Å². The van der Waals surface area contributed by atoms with Gasteiger partial charge >= 0.3 is 0 Å². The van der Waals surface area contributed by atoms with Crippen LogP contribution in [0, 0.1) is 6.92 Å². The lowest BCUT2D eigenvalue weighted by molar-refractivity contribution is 0.0645. The first kappa shape index (κ1) is 22.8. The number of hydrogen-bond donors (Lipinski definition) is 0. The first-order chi connectivity index (χ1) is 16.6. The Kier molecular flexibility index (Phi) is 7.08. The average molecular weight is 491 g/mol. The van der Waals surface area contributed by atoms with E-state index in [0.29, 0.717) is 16.7 Å². The van der Waals surface area contributed by atoms with Crippen LogP contribution in [0.4, 0.5) is 0 Å².